The lowest BCUT2D eigenvalue weighted by Gasteiger charge is -2.05. The molecule has 0 spiro atoms. The second-order valence-electron chi connectivity index (χ2n) is 2.85. The Morgan fingerprint density at radius 2 is 1.80 bits per heavy atom. The molecule has 0 aliphatic rings. The van der Waals surface area contributed by atoms with Gasteiger partial charge >= 0.3 is 0 Å². The van der Waals surface area contributed by atoms with Crippen LogP contribution >= 0.6 is 0 Å². The number of benzene rings is 1. The maximum absolute atomic E-state index is 10.6. The van der Waals surface area contributed by atoms with Crippen LogP contribution in [0, 0.1) is 0 Å². The van der Waals surface area contributed by atoms with Gasteiger partial charge in [-0.1, -0.05) is 18.2 Å². The van der Waals surface area contributed by atoms with Crippen LogP contribution in [-0.2, 0) is 4.79 Å². The van der Waals surface area contributed by atoms with Crippen LogP contribution in [0.1, 0.15) is 5.69 Å². The predicted molar refractivity (Wildman–Crippen MR) is 56.6 cm³/mol. The van der Waals surface area contributed by atoms with Crippen molar-refractivity contribution < 1.29 is 4.79 Å². The minimum Gasteiger partial charge on any atom is -0.338 e. The number of nitrogens with one attached hydrogen (secondary N) is 1. The Kier molecular flexibility index (Phi) is 2.69. The van der Waals surface area contributed by atoms with E-state index in [4.69, 9.17) is 0 Å². The summed E-state index contributed by atoms with van der Waals surface area (Å²) in [6, 6.07) is 9.45. The summed E-state index contributed by atoms with van der Waals surface area (Å²) in [4.78, 5) is 18.4. The Bertz CT molecular complexity index is 456. The third-order valence-corrected chi connectivity index (χ3v) is 1.83. The molecule has 0 atom stereocenters. The van der Waals surface area contributed by atoms with Crippen molar-refractivity contribution in [2.45, 2.75) is 0 Å². The van der Waals surface area contributed by atoms with E-state index in [1.54, 1.807) is 6.29 Å². The zero-order valence-electron chi connectivity index (χ0n) is 7.84. The second kappa shape index (κ2) is 4.32. The lowest BCUT2D eigenvalue weighted by Crippen LogP contribution is -2.00. The minimum absolute atomic E-state index is 0.182. The van der Waals surface area contributed by atoms with Gasteiger partial charge in [-0.25, -0.2) is 9.97 Å². The fourth-order valence-corrected chi connectivity index (χ4v) is 1.16. The highest BCUT2D eigenvalue weighted by Gasteiger charge is 2.03. The van der Waals surface area contributed by atoms with E-state index >= 15 is 0 Å². The molecular formula is C11H8N3O. The van der Waals surface area contributed by atoms with Crippen molar-refractivity contribution in [3.63, 3.8) is 0 Å². The van der Waals surface area contributed by atoms with Crippen molar-refractivity contribution in [3.05, 3.63) is 48.4 Å². The summed E-state index contributed by atoms with van der Waals surface area (Å²) < 4.78 is 0. The van der Waals surface area contributed by atoms with Gasteiger partial charge < -0.3 is 5.32 Å². The highest BCUT2D eigenvalue weighted by molar-refractivity contribution is 5.81. The van der Waals surface area contributed by atoms with E-state index in [2.05, 4.69) is 15.3 Å². The quantitative estimate of drug-likeness (QED) is 0.815. The normalized spacial score (nSPS) is 9.60. The SMILES string of the molecule is O=[C]c1nccnc1Nc1ccccc1. The van der Waals surface area contributed by atoms with E-state index in [9.17, 15) is 4.79 Å². The first kappa shape index (κ1) is 9.33. The highest BCUT2D eigenvalue weighted by Crippen LogP contribution is 2.14. The van der Waals surface area contributed by atoms with Crippen molar-refractivity contribution in [1.29, 1.82) is 0 Å². The topological polar surface area (TPSA) is 54.9 Å². The fourth-order valence-electron chi connectivity index (χ4n) is 1.16. The molecule has 0 bridgehead atoms. The van der Waals surface area contributed by atoms with E-state index in [1.165, 1.54) is 12.4 Å². The molecule has 4 heteroatoms. The number of carbonyl (C=O) groups excluding carboxylic acids is 1. The first-order valence-electron chi connectivity index (χ1n) is 4.41. The number of nitrogens with zero attached hydrogens (tertiary/aromatic N) is 2. The molecule has 0 fully saturated rings. The van der Waals surface area contributed by atoms with Gasteiger partial charge in [0, 0.05) is 18.1 Å². The third kappa shape index (κ3) is 2.17. The first-order valence-corrected chi connectivity index (χ1v) is 4.41. The molecule has 1 aromatic heterocycles. The van der Waals surface area contributed by atoms with E-state index in [0.717, 1.165) is 5.69 Å². The Hall–Kier alpha value is -2.23. The minimum atomic E-state index is 0.182. The summed E-state index contributed by atoms with van der Waals surface area (Å²) in [7, 11) is 0. The molecule has 1 N–H and O–H groups in total. The third-order valence-electron chi connectivity index (χ3n) is 1.83. The van der Waals surface area contributed by atoms with Gasteiger partial charge in [0.15, 0.2) is 11.5 Å². The summed E-state index contributed by atoms with van der Waals surface area (Å²) in [5.74, 6) is 0.415. The summed E-state index contributed by atoms with van der Waals surface area (Å²) in [5, 5.41) is 2.99. The summed E-state index contributed by atoms with van der Waals surface area (Å²) >= 11 is 0. The molecule has 1 heterocycles. The number of hydrogen-bond acceptors (Lipinski definition) is 4. The van der Waals surface area contributed by atoms with E-state index in [0.29, 0.717) is 5.82 Å². The maximum Gasteiger partial charge on any atom is 0.257 e. The fraction of sp³-hybridized carbons (Fsp3) is 0. The zero-order chi connectivity index (χ0) is 10.5. The number of aromatic nitrogens is 2. The molecule has 0 saturated heterocycles. The lowest BCUT2D eigenvalue weighted by molar-refractivity contribution is 0.561. The molecular weight excluding hydrogens is 190 g/mol. The van der Waals surface area contributed by atoms with Crippen LogP contribution in [0.5, 0.6) is 0 Å². The Balaban J connectivity index is 2.28. The van der Waals surface area contributed by atoms with Gasteiger partial charge in [-0.3, -0.25) is 4.79 Å². The number of para-hydroxylation sites is 1. The Morgan fingerprint density at radius 3 is 2.53 bits per heavy atom. The van der Waals surface area contributed by atoms with E-state index < -0.39 is 0 Å². The molecule has 15 heavy (non-hydrogen) atoms. The molecule has 4 nitrogen and oxygen atoms in total. The molecule has 0 saturated carbocycles. The highest BCUT2D eigenvalue weighted by atomic mass is 16.1. The van der Waals surface area contributed by atoms with Crippen molar-refractivity contribution in [2.24, 2.45) is 0 Å². The van der Waals surface area contributed by atoms with Crippen molar-refractivity contribution >= 4 is 17.8 Å². The number of hydrogen-bond donors (Lipinski definition) is 1. The molecule has 2 aromatic rings. The molecule has 1 radical (unpaired) electrons. The van der Waals surface area contributed by atoms with Crippen molar-refractivity contribution in [1.82, 2.24) is 9.97 Å². The summed E-state index contributed by atoms with van der Waals surface area (Å²) in [6.45, 7) is 0. The van der Waals surface area contributed by atoms with E-state index in [1.807, 2.05) is 30.3 Å². The zero-order valence-corrected chi connectivity index (χ0v) is 7.84. The van der Waals surface area contributed by atoms with Crippen LogP contribution in [-0.4, -0.2) is 16.3 Å². The number of anilines is 2. The molecule has 0 aliphatic heterocycles. The molecule has 2 rings (SSSR count). The average molecular weight is 198 g/mol. The lowest BCUT2D eigenvalue weighted by atomic mass is 10.3. The van der Waals surface area contributed by atoms with Gasteiger partial charge in [-0.2, -0.15) is 0 Å². The Labute approximate surface area is 87.0 Å². The molecule has 0 aliphatic carbocycles. The van der Waals surface area contributed by atoms with Gasteiger partial charge in [0.25, 0.3) is 6.29 Å². The summed E-state index contributed by atoms with van der Waals surface area (Å²) in [5.41, 5.74) is 1.04. The maximum atomic E-state index is 10.6. The molecule has 1 aromatic carbocycles. The van der Waals surface area contributed by atoms with Gasteiger partial charge in [-0.15, -0.1) is 0 Å². The van der Waals surface area contributed by atoms with Gasteiger partial charge in [0.1, 0.15) is 0 Å². The van der Waals surface area contributed by atoms with Crippen LogP contribution in [0.3, 0.4) is 0 Å². The molecule has 0 unspecified atom stereocenters. The van der Waals surface area contributed by atoms with Gasteiger partial charge in [0.05, 0.1) is 0 Å². The van der Waals surface area contributed by atoms with E-state index in [-0.39, 0.29) is 5.69 Å². The number of rotatable bonds is 3. The largest absolute Gasteiger partial charge is 0.338 e. The van der Waals surface area contributed by atoms with Crippen LogP contribution in [0.15, 0.2) is 42.7 Å². The molecule has 73 valence electrons. The van der Waals surface area contributed by atoms with Crippen LogP contribution in [0.2, 0.25) is 0 Å². The smallest absolute Gasteiger partial charge is 0.257 e. The first-order chi connectivity index (χ1) is 7.40. The monoisotopic (exact) mass is 198 g/mol. The average Bonchev–Trinajstić information content (AvgIpc) is 2.31. The van der Waals surface area contributed by atoms with Crippen LogP contribution in [0.4, 0.5) is 11.5 Å². The summed E-state index contributed by atoms with van der Waals surface area (Å²) in [6.07, 6.45) is 4.70. The van der Waals surface area contributed by atoms with Crippen LogP contribution in [0.25, 0.3) is 0 Å². The standard InChI is InChI=1S/C11H8N3O/c15-8-10-11(13-7-6-12-10)14-9-4-2-1-3-5-9/h1-7H,(H,13,14). The van der Waals surface area contributed by atoms with Crippen molar-refractivity contribution in [2.75, 3.05) is 5.32 Å². The van der Waals surface area contributed by atoms with Crippen LogP contribution < -0.4 is 5.32 Å². The van der Waals surface area contributed by atoms with Crippen molar-refractivity contribution in [3.8, 4) is 0 Å². The predicted octanol–water partition coefficient (Wildman–Crippen LogP) is 1.68. The second-order valence-corrected chi connectivity index (χ2v) is 2.85. The Morgan fingerprint density at radius 1 is 1.07 bits per heavy atom. The molecule has 0 amide bonds. The van der Waals surface area contributed by atoms with Gasteiger partial charge in [-0.05, 0) is 12.1 Å². The van der Waals surface area contributed by atoms with Gasteiger partial charge in [0.2, 0.25) is 0 Å².